The fraction of sp³-hybridized carbons (Fsp3) is 0.600. The number of nitrogens with zero attached hydrogens (tertiary/aromatic N) is 1. The lowest BCUT2D eigenvalue weighted by Crippen LogP contribution is -2.54. The lowest BCUT2D eigenvalue weighted by atomic mass is 9.90. The molecule has 0 spiro atoms. The molecule has 3 rings (SSSR count). The predicted octanol–water partition coefficient (Wildman–Crippen LogP) is 1.71. The molecule has 0 aromatic heterocycles. The highest BCUT2D eigenvalue weighted by Crippen LogP contribution is 2.38. The molecule has 2 aliphatic rings. The van der Waals surface area contributed by atoms with E-state index in [1.54, 1.807) is 0 Å². The standard InChI is InChI=1S/C20H28FN3O3/c21-17-5-3-16(4-6-17)19(26)23-10-9-22-18(25)15-20(7-1-2-8-20)24-11-13-27-14-12-24/h3-6H,1-2,7-15H2,(H,22,25)(H,23,26). The summed E-state index contributed by atoms with van der Waals surface area (Å²) >= 11 is 0. The van der Waals surface area contributed by atoms with Crippen LogP contribution in [0.3, 0.4) is 0 Å². The van der Waals surface area contributed by atoms with Gasteiger partial charge in [-0.2, -0.15) is 0 Å². The predicted molar refractivity (Wildman–Crippen MR) is 100.0 cm³/mol. The Morgan fingerprint density at radius 1 is 1.04 bits per heavy atom. The number of morpholine rings is 1. The summed E-state index contributed by atoms with van der Waals surface area (Å²) in [4.78, 5) is 26.9. The zero-order valence-corrected chi connectivity index (χ0v) is 15.6. The molecule has 0 unspecified atom stereocenters. The zero-order valence-electron chi connectivity index (χ0n) is 15.6. The van der Waals surface area contributed by atoms with Gasteiger partial charge in [0.2, 0.25) is 5.91 Å². The van der Waals surface area contributed by atoms with Gasteiger partial charge in [0.05, 0.1) is 13.2 Å². The topological polar surface area (TPSA) is 70.7 Å². The van der Waals surface area contributed by atoms with Crippen LogP contribution in [0.5, 0.6) is 0 Å². The molecule has 2 N–H and O–H groups in total. The Labute approximate surface area is 159 Å². The highest BCUT2D eigenvalue weighted by Gasteiger charge is 2.41. The van der Waals surface area contributed by atoms with Crippen molar-refractivity contribution in [1.29, 1.82) is 0 Å². The van der Waals surface area contributed by atoms with Gasteiger partial charge in [-0.15, -0.1) is 0 Å². The van der Waals surface area contributed by atoms with E-state index in [0.29, 0.717) is 25.1 Å². The van der Waals surface area contributed by atoms with Gasteiger partial charge >= 0.3 is 0 Å². The molecule has 1 aromatic carbocycles. The molecule has 1 aliphatic carbocycles. The number of ether oxygens (including phenoxy) is 1. The van der Waals surface area contributed by atoms with Gasteiger partial charge in [-0.05, 0) is 37.1 Å². The molecule has 7 heteroatoms. The number of hydrogen-bond donors (Lipinski definition) is 2. The number of amides is 2. The van der Waals surface area contributed by atoms with Gasteiger partial charge in [-0.1, -0.05) is 12.8 Å². The van der Waals surface area contributed by atoms with E-state index >= 15 is 0 Å². The number of halogens is 1. The highest BCUT2D eigenvalue weighted by molar-refractivity contribution is 5.94. The van der Waals surface area contributed by atoms with E-state index in [9.17, 15) is 14.0 Å². The summed E-state index contributed by atoms with van der Waals surface area (Å²) in [5.74, 6) is -0.621. The third-order valence-electron chi connectivity index (χ3n) is 5.54. The van der Waals surface area contributed by atoms with Crippen molar-refractivity contribution in [3.63, 3.8) is 0 Å². The fourth-order valence-electron chi connectivity index (χ4n) is 4.12. The summed E-state index contributed by atoms with van der Waals surface area (Å²) in [6.07, 6.45) is 4.94. The Hall–Kier alpha value is -1.99. The van der Waals surface area contributed by atoms with Crippen molar-refractivity contribution in [3.05, 3.63) is 35.6 Å². The number of rotatable bonds is 7. The third kappa shape index (κ3) is 5.26. The van der Waals surface area contributed by atoms with Gasteiger partial charge in [0.25, 0.3) is 5.91 Å². The quantitative estimate of drug-likeness (QED) is 0.710. The van der Waals surface area contributed by atoms with Crippen molar-refractivity contribution in [3.8, 4) is 0 Å². The van der Waals surface area contributed by atoms with Crippen LogP contribution in [0.15, 0.2) is 24.3 Å². The van der Waals surface area contributed by atoms with Gasteiger partial charge in [-0.3, -0.25) is 14.5 Å². The summed E-state index contributed by atoms with van der Waals surface area (Å²) in [7, 11) is 0. The van der Waals surface area contributed by atoms with Crippen molar-refractivity contribution in [1.82, 2.24) is 15.5 Å². The first kappa shape index (κ1) is 19.8. The van der Waals surface area contributed by atoms with E-state index in [-0.39, 0.29) is 23.2 Å². The Kier molecular flexibility index (Phi) is 6.79. The summed E-state index contributed by atoms with van der Waals surface area (Å²) in [5.41, 5.74) is 0.366. The number of nitrogens with one attached hydrogen (secondary N) is 2. The minimum atomic E-state index is -0.375. The molecule has 1 heterocycles. The van der Waals surface area contributed by atoms with Crippen molar-refractivity contribution in [2.45, 2.75) is 37.6 Å². The molecule has 1 saturated heterocycles. The number of benzene rings is 1. The minimum Gasteiger partial charge on any atom is -0.379 e. The highest BCUT2D eigenvalue weighted by atomic mass is 19.1. The van der Waals surface area contributed by atoms with Gasteiger partial charge in [0.15, 0.2) is 0 Å². The third-order valence-corrected chi connectivity index (χ3v) is 5.54. The number of carbonyl (C=O) groups excluding carboxylic acids is 2. The molecule has 0 bridgehead atoms. The maximum Gasteiger partial charge on any atom is 0.251 e. The molecule has 1 saturated carbocycles. The van der Waals surface area contributed by atoms with Gasteiger partial charge < -0.3 is 15.4 Å². The molecule has 1 aliphatic heterocycles. The Morgan fingerprint density at radius 2 is 1.67 bits per heavy atom. The Balaban J connectivity index is 1.42. The first-order valence-electron chi connectivity index (χ1n) is 9.72. The van der Waals surface area contributed by atoms with Gasteiger partial charge in [-0.25, -0.2) is 4.39 Å². The molecule has 0 atom stereocenters. The van der Waals surface area contributed by atoms with Crippen molar-refractivity contribution in [2.75, 3.05) is 39.4 Å². The second-order valence-corrected chi connectivity index (χ2v) is 7.32. The molecule has 2 fully saturated rings. The van der Waals surface area contributed by atoms with Crippen LogP contribution in [-0.4, -0.2) is 61.6 Å². The van der Waals surface area contributed by atoms with E-state index in [1.165, 1.54) is 37.1 Å². The van der Waals surface area contributed by atoms with Crippen LogP contribution in [0.4, 0.5) is 4.39 Å². The summed E-state index contributed by atoms with van der Waals surface area (Å²) in [6, 6.07) is 5.39. The van der Waals surface area contributed by atoms with E-state index in [0.717, 1.165) is 39.1 Å². The maximum absolute atomic E-state index is 12.9. The Morgan fingerprint density at radius 3 is 2.33 bits per heavy atom. The number of carbonyl (C=O) groups is 2. The van der Waals surface area contributed by atoms with Crippen LogP contribution in [0.1, 0.15) is 42.5 Å². The van der Waals surface area contributed by atoms with E-state index < -0.39 is 0 Å². The van der Waals surface area contributed by atoms with E-state index in [2.05, 4.69) is 15.5 Å². The molecule has 6 nitrogen and oxygen atoms in total. The lowest BCUT2D eigenvalue weighted by molar-refractivity contribution is -0.125. The second-order valence-electron chi connectivity index (χ2n) is 7.32. The van der Waals surface area contributed by atoms with Crippen LogP contribution in [0, 0.1) is 5.82 Å². The summed E-state index contributed by atoms with van der Waals surface area (Å²) < 4.78 is 18.3. The average molecular weight is 377 g/mol. The van der Waals surface area contributed by atoms with Crippen LogP contribution in [-0.2, 0) is 9.53 Å². The monoisotopic (exact) mass is 377 g/mol. The normalized spacial score (nSPS) is 19.6. The average Bonchev–Trinajstić information content (AvgIpc) is 3.16. The first-order chi connectivity index (χ1) is 13.1. The van der Waals surface area contributed by atoms with E-state index in [4.69, 9.17) is 4.74 Å². The molecule has 0 radical (unpaired) electrons. The second kappa shape index (κ2) is 9.28. The van der Waals surface area contributed by atoms with E-state index in [1.807, 2.05) is 0 Å². The first-order valence-corrected chi connectivity index (χ1v) is 9.72. The minimum absolute atomic E-state index is 0.0272. The Bertz CT molecular complexity index is 638. The smallest absolute Gasteiger partial charge is 0.251 e. The molecule has 27 heavy (non-hydrogen) atoms. The largest absolute Gasteiger partial charge is 0.379 e. The van der Waals surface area contributed by atoms with Crippen LogP contribution in [0.2, 0.25) is 0 Å². The molecule has 2 amide bonds. The molecular weight excluding hydrogens is 349 g/mol. The van der Waals surface area contributed by atoms with Crippen molar-refractivity contribution in [2.24, 2.45) is 0 Å². The van der Waals surface area contributed by atoms with Crippen LogP contribution >= 0.6 is 0 Å². The molecule has 1 aromatic rings. The fourth-order valence-corrected chi connectivity index (χ4v) is 4.12. The van der Waals surface area contributed by atoms with Crippen LogP contribution in [0.25, 0.3) is 0 Å². The summed E-state index contributed by atoms with van der Waals surface area (Å²) in [5, 5.41) is 5.66. The number of hydrogen-bond acceptors (Lipinski definition) is 4. The molecular formula is C20H28FN3O3. The SMILES string of the molecule is O=C(CC1(N2CCOCC2)CCCC1)NCCNC(=O)c1ccc(F)cc1. The van der Waals surface area contributed by atoms with Gasteiger partial charge in [0.1, 0.15) is 5.82 Å². The maximum atomic E-state index is 12.9. The lowest BCUT2D eigenvalue weighted by Gasteiger charge is -2.43. The van der Waals surface area contributed by atoms with Crippen molar-refractivity contribution >= 4 is 11.8 Å². The van der Waals surface area contributed by atoms with Crippen molar-refractivity contribution < 1.29 is 18.7 Å². The molecule has 148 valence electrons. The zero-order chi connectivity index (χ0) is 19.1. The van der Waals surface area contributed by atoms with Crippen LogP contribution < -0.4 is 10.6 Å². The summed E-state index contributed by atoms with van der Waals surface area (Å²) in [6.45, 7) is 3.97. The van der Waals surface area contributed by atoms with Gasteiger partial charge in [0, 0.05) is 43.7 Å².